The van der Waals surface area contributed by atoms with Gasteiger partial charge in [-0.3, -0.25) is 0 Å². The fourth-order valence-electron chi connectivity index (χ4n) is 1.54. The van der Waals surface area contributed by atoms with Crippen molar-refractivity contribution in [3.05, 3.63) is 59.1 Å². The Morgan fingerprint density at radius 3 is 1.74 bits per heavy atom. The van der Waals surface area contributed by atoms with Gasteiger partial charge >= 0.3 is 25.9 Å². The summed E-state index contributed by atoms with van der Waals surface area (Å²) >= 11 is 0. The molecule has 1 aromatic rings. The summed E-state index contributed by atoms with van der Waals surface area (Å²) in [5.74, 6) is -9.21. The zero-order chi connectivity index (χ0) is 13.4. The summed E-state index contributed by atoms with van der Waals surface area (Å²) in [4.78, 5) is 0. The maximum absolute atomic E-state index is 13.4. The minimum atomic E-state index is -2.22. The molecule has 19 heavy (non-hydrogen) atoms. The number of hydrogen-bond acceptors (Lipinski definition) is 0. The molecule has 1 aromatic carbocycles. The summed E-state index contributed by atoms with van der Waals surface area (Å²) in [7, 11) is 0. The van der Waals surface area contributed by atoms with Crippen LogP contribution in [0.1, 0.15) is 5.56 Å². The van der Waals surface area contributed by atoms with Gasteiger partial charge in [-0.05, 0) is 5.56 Å². The molecule has 0 N–H and O–H groups in total. The number of rotatable bonds is 1. The van der Waals surface area contributed by atoms with Gasteiger partial charge in [0.05, 0.1) is 0 Å². The number of benzene rings is 1. The maximum atomic E-state index is 13.4. The molecular weight excluding hydrogens is 264 g/mol. The topological polar surface area (TPSA) is 0 Å². The molecule has 94 valence electrons. The van der Waals surface area contributed by atoms with Crippen molar-refractivity contribution in [1.29, 1.82) is 0 Å². The third kappa shape index (κ3) is 2.72. The zero-order valence-corrected chi connectivity index (χ0v) is 9.65. The van der Waals surface area contributed by atoms with E-state index in [0.29, 0.717) is 0 Å². The van der Waals surface area contributed by atoms with Crippen molar-refractivity contribution in [3.8, 4) is 0 Å². The van der Waals surface area contributed by atoms with Crippen LogP contribution < -0.4 is 18.9 Å². The maximum Gasteiger partial charge on any atom is 1.00 e. The van der Waals surface area contributed by atoms with Crippen molar-refractivity contribution in [1.82, 2.24) is 0 Å². The first-order valence-electron chi connectivity index (χ1n) is 4.82. The molecule has 0 aromatic heterocycles. The van der Waals surface area contributed by atoms with E-state index in [-0.39, 0.29) is 24.4 Å². The van der Waals surface area contributed by atoms with Crippen LogP contribution in [0.2, 0.25) is 0 Å². The molecule has 8 heteroatoms. The molecule has 0 atom stereocenters. The first-order chi connectivity index (χ1) is 8.43. The minimum Gasteiger partial charge on any atom is -0.350 e. The predicted octanol–water partition coefficient (Wildman–Crippen LogP) is 0.583. The second-order valence-corrected chi connectivity index (χ2v) is 3.56. The Balaban J connectivity index is 0.00000180. The van der Waals surface area contributed by atoms with E-state index in [0.717, 1.165) is 24.4 Å². The van der Waals surface area contributed by atoms with Crippen molar-refractivity contribution < 1.29 is 45.1 Å². The third-order valence-electron chi connectivity index (χ3n) is 2.42. The molecule has 0 saturated heterocycles. The molecule has 1 heterocycles. The first kappa shape index (κ1) is 15.9. The van der Waals surface area contributed by atoms with Gasteiger partial charge in [0.15, 0.2) is 29.1 Å². The number of allylic oxidation sites excluding steroid dienone is 3. The molecule has 1 aliphatic rings. The molecule has 0 fully saturated rings. The van der Waals surface area contributed by atoms with Crippen molar-refractivity contribution in [2.24, 2.45) is 0 Å². The predicted molar refractivity (Wildman–Crippen MR) is 54.5 cm³/mol. The molecule has 0 saturated carbocycles. The van der Waals surface area contributed by atoms with Crippen molar-refractivity contribution in [2.45, 2.75) is 0 Å². The molecule has 0 radical (unpaired) electrons. The van der Waals surface area contributed by atoms with Gasteiger partial charge in [-0.1, -0.05) is 0 Å². The van der Waals surface area contributed by atoms with Crippen LogP contribution in [-0.4, -0.2) is 6.99 Å². The van der Waals surface area contributed by atoms with Crippen LogP contribution in [0.4, 0.5) is 26.3 Å². The molecule has 0 unspecified atom stereocenters. The van der Waals surface area contributed by atoms with E-state index in [1.165, 1.54) is 0 Å². The monoisotopic (exact) mass is 268 g/mol. The second-order valence-electron chi connectivity index (χ2n) is 3.56. The Morgan fingerprint density at radius 2 is 1.32 bits per heavy atom. The Bertz CT molecular complexity index is 540. The Hall–Kier alpha value is -1.19. The molecule has 0 aliphatic carbocycles. The molecule has 2 rings (SSSR count). The van der Waals surface area contributed by atoms with Gasteiger partial charge in [0.1, 0.15) is 0 Å². The van der Waals surface area contributed by atoms with Gasteiger partial charge in [0.25, 0.3) is 0 Å². The van der Waals surface area contributed by atoms with Crippen LogP contribution in [0.3, 0.4) is 0 Å². The molecular formula is C11H4BF6Li. The van der Waals surface area contributed by atoms with Gasteiger partial charge in [-0.25, -0.2) is 34.3 Å². The summed E-state index contributed by atoms with van der Waals surface area (Å²) < 4.78 is 78.1. The second kappa shape index (κ2) is 5.85. The summed E-state index contributed by atoms with van der Waals surface area (Å²) in [6, 6.07) is 0. The van der Waals surface area contributed by atoms with Crippen LogP contribution in [0, 0.1) is 35.4 Å². The Morgan fingerprint density at radius 1 is 0.842 bits per heavy atom. The molecule has 0 bridgehead atoms. The van der Waals surface area contributed by atoms with E-state index >= 15 is 0 Å². The smallest absolute Gasteiger partial charge is 0.350 e. The summed E-state index contributed by atoms with van der Waals surface area (Å²) in [5.41, 5.74) is -1.34. The Kier molecular flexibility index (Phi) is 4.88. The largest absolute Gasteiger partial charge is 1.00 e. The van der Waals surface area contributed by atoms with Gasteiger partial charge < -0.3 is 4.32 Å². The van der Waals surface area contributed by atoms with Crippen LogP contribution in [0.5, 0.6) is 0 Å². The fourth-order valence-corrected chi connectivity index (χ4v) is 1.54. The van der Waals surface area contributed by atoms with E-state index in [9.17, 15) is 26.3 Å². The SMILES string of the molecule is FB1C=CC(c2c(F)c(F)c(F)c(F)c2F)=C[CH-]1.[Li+]. The van der Waals surface area contributed by atoms with Gasteiger partial charge in [0.2, 0.25) is 0 Å². The van der Waals surface area contributed by atoms with Crippen molar-refractivity contribution >= 4 is 12.6 Å². The van der Waals surface area contributed by atoms with E-state index < -0.39 is 41.6 Å². The quantitative estimate of drug-likeness (QED) is 0.230. The molecule has 1 aliphatic heterocycles. The summed E-state index contributed by atoms with van der Waals surface area (Å²) in [6.45, 7) is -1.45. The average molecular weight is 268 g/mol. The summed E-state index contributed by atoms with van der Waals surface area (Å²) in [6.07, 6.45) is 2.86. The first-order valence-corrected chi connectivity index (χ1v) is 4.82. The molecule has 0 spiro atoms. The van der Waals surface area contributed by atoms with Crippen molar-refractivity contribution in [3.63, 3.8) is 0 Å². The van der Waals surface area contributed by atoms with Crippen molar-refractivity contribution in [2.75, 3.05) is 0 Å². The minimum absolute atomic E-state index is 0. The number of hydrogen-bond donors (Lipinski definition) is 0. The van der Waals surface area contributed by atoms with E-state index in [1.54, 1.807) is 0 Å². The van der Waals surface area contributed by atoms with Crippen LogP contribution in [0.25, 0.3) is 5.57 Å². The van der Waals surface area contributed by atoms with Crippen LogP contribution in [0.15, 0.2) is 18.1 Å². The van der Waals surface area contributed by atoms with Gasteiger partial charge in [0, 0.05) is 0 Å². The van der Waals surface area contributed by atoms with Crippen LogP contribution >= 0.6 is 0 Å². The Labute approximate surface area is 117 Å². The molecule has 0 amide bonds. The van der Waals surface area contributed by atoms with Gasteiger partial charge in [-0.2, -0.15) is 5.57 Å². The number of halogens is 6. The van der Waals surface area contributed by atoms with E-state index in [4.69, 9.17) is 0 Å². The standard InChI is InChI=1S/C11H4BF6.Li/c13-7-6(5-1-3-12(18)4-2-5)8(14)10(16)11(17)9(7)15;/h1-4H;/q-1;+1. The van der Waals surface area contributed by atoms with E-state index in [1.807, 2.05) is 0 Å². The average Bonchev–Trinajstić information content (AvgIpc) is 2.36. The fraction of sp³-hybridized carbons (Fsp3) is 0. The van der Waals surface area contributed by atoms with E-state index in [2.05, 4.69) is 0 Å². The third-order valence-corrected chi connectivity index (χ3v) is 2.42. The molecule has 0 nitrogen and oxygen atoms in total. The zero-order valence-electron chi connectivity index (χ0n) is 9.65. The normalized spacial score (nSPS) is 13.8. The van der Waals surface area contributed by atoms with Gasteiger partial charge in [-0.15, -0.1) is 12.1 Å². The van der Waals surface area contributed by atoms with Crippen LogP contribution in [-0.2, 0) is 0 Å². The summed E-state index contributed by atoms with van der Waals surface area (Å²) in [5, 5.41) is 0.